The van der Waals surface area contributed by atoms with E-state index in [4.69, 9.17) is 4.74 Å². The number of H-pyrrole nitrogens is 1. The fraction of sp³-hybridized carbons (Fsp3) is 0.556. The van der Waals surface area contributed by atoms with E-state index in [9.17, 15) is 4.79 Å². The molecule has 1 heterocycles. The van der Waals surface area contributed by atoms with Crippen LogP contribution in [0.3, 0.4) is 0 Å². The number of nitrogens with one attached hydrogen (secondary N) is 1. The highest BCUT2D eigenvalue weighted by molar-refractivity contribution is 5.91. The molecule has 0 aliphatic carbocycles. The second kappa shape index (κ2) is 4.07. The van der Waals surface area contributed by atoms with Gasteiger partial charge < -0.3 is 4.74 Å². The second-order valence-corrected chi connectivity index (χ2v) is 2.94. The molecule has 0 amide bonds. The molecule has 0 fully saturated rings. The van der Waals surface area contributed by atoms with E-state index in [0.717, 1.165) is 12.1 Å². The van der Waals surface area contributed by atoms with Crippen molar-refractivity contribution in [2.24, 2.45) is 0 Å². The number of hydrogen-bond donors (Lipinski definition) is 1. The molecule has 1 aromatic heterocycles. The van der Waals surface area contributed by atoms with Gasteiger partial charge in [-0.1, -0.05) is 6.92 Å². The molecule has 0 saturated carbocycles. The molecular formula is C9H14N2O2. The SMILES string of the molecule is CCCOC(=O)c1c(C)n[nH]c1C. The van der Waals surface area contributed by atoms with Crippen LogP contribution in [-0.2, 0) is 4.74 Å². The smallest absolute Gasteiger partial charge is 0.341 e. The van der Waals surface area contributed by atoms with Crippen molar-refractivity contribution in [1.29, 1.82) is 0 Å². The molecule has 4 heteroatoms. The van der Waals surface area contributed by atoms with Gasteiger partial charge in [0, 0.05) is 5.69 Å². The summed E-state index contributed by atoms with van der Waals surface area (Å²) in [6.07, 6.45) is 0.835. The maximum absolute atomic E-state index is 11.4. The van der Waals surface area contributed by atoms with E-state index in [2.05, 4.69) is 10.2 Å². The first kappa shape index (κ1) is 9.77. The molecule has 0 spiro atoms. The Morgan fingerprint density at radius 1 is 1.54 bits per heavy atom. The van der Waals surface area contributed by atoms with Gasteiger partial charge >= 0.3 is 5.97 Å². The number of aromatic amines is 1. The van der Waals surface area contributed by atoms with E-state index >= 15 is 0 Å². The maximum Gasteiger partial charge on any atom is 0.341 e. The van der Waals surface area contributed by atoms with Crippen molar-refractivity contribution in [3.63, 3.8) is 0 Å². The average molecular weight is 182 g/mol. The van der Waals surface area contributed by atoms with E-state index in [1.54, 1.807) is 6.92 Å². The molecular weight excluding hydrogens is 168 g/mol. The Morgan fingerprint density at radius 2 is 2.23 bits per heavy atom. The second-order valence-electron chi connectivity index (χ2n) is 2.94. The lowest BCUT2D eigenvalue weighted by Crippen LogP contribution is -2.07. The summed E-state index contributed by atoms with van der Waals surface area (Å²) in [4.78, 5) is 11.4. The van der Waals surface area contributed by atoms with Crippen LogP contribution in [0, 0.1) is 13.8 Å². The lowest BCUT2D eigenvalue weighted by atomic mass is 10.2. The van der Waals surface area contributed by atoms with Crippen molar-refractivity contribution in [2.45, 2.75) is 27.2 Å². The number of aromatic nitrogens is 2. The van der Waals surface area contributed by atoms with Crippen molar-refractivity contribution in [3.8, 4) is 0 Å². The molecule has 0 aromatic carbocycles. The Labute approximate surface area is 77.3 Å². The van der Waals surface area contributed by atoms with Gasteiger partial charge in [-0.25, -0.2) is 4.79 Å². The van der Waals surface area contributed by atoms with Crippen LogP contribution < -0.4 is 0 Å². The fourth-order valence-electron chi connectivity index (χ4n) is 1.12. The zero-order chi connectivity index (χ0) is 9.84. The van der Waals surface area contributed by atoms with Crippen molar-refractivity contribution in [2.75, 3.05) is 6.61 Å². The minimum absolute atomic E-state index is 0.286. The molecule has 0 saturated heterocycles. The lowest BCUT2D eigenvalue weighted by molar-refractivity contribution is 0.0503. The molecule has 0 aliphatic heterocycles. The van der Waals surface area contributed by atoms with Crippen molar-refractivity contribution < 1.29 is 9.53 Å². The quantitative estimate of drug-likeness (QED) is 0.722. The molecule has 4 nitrogen and oxygen atoms in total. The Balaban J connectivity index is 2.76. The van der Waals surface area contributed by atoms with Gasteiger partial charge in [0.05, 0.1) is 12.3 Å². The largest absolute Gasteiger partial charge is 0.462 e. The minimum Gasteiger partial charge on any atom is -0.462 e. The summed E-state index contributed by atoms with van der Waals surface area (Å²) in [6, 6.07) is 0. The molecule has 0 bridgehead atoms. The first-order valence-electron chi connectivity index (χ1n) is 4.35. The van der Waals surface area contributed by atoms with Gasteiger partial charge in [0.15, 0.2) is 0 Å². The summed E-state index contributed by atoms with van der Waals surface area (Å²) < 4.78 is 5.00. The molecule has 0 radical (unpaired) electrons. The van der Waals surface area contributed by atoms with Crippen LogP contribution in [0.25, 0.3) is 0 Å². The average Bonchev–Trinajstić information content (AvgIpc) is 2.42. The summed E-state index contributed by atoms with van der Waals surface area (Å²) in [7, 11) is 0. The summed E-state index contributed by atoms with van der Waals surface area (Å²) in [5.41, 5.74) is 2.02. The number of carbonyl (C=O) groups is 1. The number of carbonyl (C=O) groups excluding carboxylic acids is 1. The van der Waals surface area contributed by atoms with E-state index in [-0.39, 0.29) is 5.97 Å². The highest BCUT2D eigenvalue weighted by atomic mass is 16.5. The van der Waals surface area contributed by atoms with Gasteiger partial charge in [0.1, 0.15) is 5.56 Å². The third-order valence-electron chi connectivity index (χ3n) is 1.77. The molecule has 13 heavy (non-hydrogen) atoms. The normalized spacial score (nSPS) is 10.1. The summed E-state index contributed by atoms with van der Waals surface area (Å²) in [5.74, 6) is -0.286. The van der Waals surface area contributed by atoms with Crippen LogP contribution in [0.15, 0.2) is 0 Å². The summed E-state index contributed by atoms with van der Waals surface area (Å²) in [5, 5.41) is 6.66. The number of esters is 1. The molecule has 0 unspecified atom stereocenters. The Morgan fingerprint density at radius 3 is 2.69 bits per heavy atom. The highest BCUT2D eigenvalue weighted by Crippen LogP contribution is 2.10. The Kier molecular flexibility index (Phi) is 3.06. The lowest BCUT2D eigenvalue weighted by Gasteiger charge is -2.01. The van der Waals surface area contributed by atoms with Gasteiger partial charge in [0.25, 0.3) is 0 Å². The summed E-state index contributed by atoms with van der Waals surface area (Å²) >= 11 is 0. The number of ether oxygens (including phenoxy) is 1. The van der Waals surface area contributed by atoms with Gasteiger partial charge in [-0.2, -0.15) is 5.10 Å². The minimum atomic E-state index is -0.286. The van der Waals surface area contributed by atoms with Crippen molar-refractivity contribution in [3.05, 3.63) is 17.0 Å². The third kappa shape index (κ3) is 2.08. The monoisotopic (exact) mass is 182 g/mol. The highest BCUT2D eigenvalue weighted by Gasteiger charge is 2.15. The standard InChI is InChI=1S/C9H14N2O2/c1-4-5-13-9(12)8-6(2)10-11-7(8)3/h4-5H2,1-3H3,(H,10,11). The van der Waals surface area contributed by atoms with Crippen LogP contribution >= 0.6 is 0 Å². The number of hydrogen-bond acceptors (Lipinski definition) is 3. The van der Waals surface area contributed by atoms with Crippen molar-refractivity contribution in [1.82, 2.24) is 10.2 Å². The van der Waals surface area contributed by atoms with Crippen LogP contribution in [-0.4, -0.2) is 22.8 Å². The van der Waals surface area contributed by atoms with E-state index in [1.165, 1.54) is 0 Å². The van der Waals surface area contributed by atoms with E-state index < -0.39 is 0 Å². The van der Waals surface area contributed by atoms with Crippen LogP contribution in [0.5, 0.6) is 0 Å². The number of aryl methyl sites for hydroxylation is 2. The van der Waals surface area contributed by atoms with Gasteiger partial charge in [-0.15, -0.1) is 0 Å². The molecule has 72 valence electrons. The number of rotatable bonds is 3. The van der Waals surface area contributed by atoms with E-state index in [1.807, 2.05) is 13.8 Å². The molecule has 1 N–H and O–H groups in total. The van der Waals surface area contributed by atoms with E-state index in [0.29, 0.717) is 17.9 Å². The van der Waals surface area contributed by atoms with Crippen LogP contribution in [0.1, 0.15) is 35.1 Å². The zero-order valence-corrected chi connectivity index (χ0v) is 8.18. The zero-order valence-electron chi connectivity index (χ0n) is 8.18. The molecule has 1 rings (SSSR count). The van der Waals surface area contributed by atoms with Gasteiger partial charge in [0.2, 0.25) is 0 Å². The first-order chi connectivity index (χ1) is 6.16. The predicted molar refractivity (Wildman–Crippen MR) is 48.6 cm³/mol. The Hall–Kier alpha value is -1.32. The molecule has 0 atom stereocenters. The number of nitrogens with zero attached hydrogens (tertiary/aromatic N) is 1. The predicted octanol–water partition coefficient (Wildman–Crippen LogP) is 1.59. The first-order valence-corrected chi connectivity index (χ1v) is 4.35. The van der Waals surface area contributed by atoms with Gasteiger partial charge in [-0.05, 0) is 20.3 Å². The van der Waals surface area contributed by atoms with Crippen molar-refractivity contribution >= 4 is 5.97 Å². The Bertz CT molecular complexity index is 285. The third-order valence-corrected chi connectivity index (χ3v) is 1.77. The fourth-order valence-corrected chi connectivity index (χ4v) is 1.12. The van der Waals surface area contributed by atoms with Gasteiger partial charge in [-0.3, -0.25) is 5.10 Å². The van der Waals surface area contributed by atoms with Crippen LogP contribution in [0.4, 0.5) is 0 Å². The molecule has 0 aliphatic rings. The maximum atomic E-state index is 11.4. The van der Waals surface area contributed by atoms with Crippen LogP contribution in [0.2, 0.25) is 0 Å². The summed E-state index contributed by atoms with van der Waals surface area (Å²) in [6.45, 7) is 6.01. The molecule has 1 aromatic rings. The topological polar surface area (TPSA) is 55.0 Å².